The van der Waals surface area contributed by atoms with Crippen LogP contribution in [0, 0.1) is 5.82 Å². The summed E-state index contributed by atoms with van der Waals surface area (Å²) in [6.45, 7) is 0. The molecule has 3 rings (SSSR count). The SMILES string of the molecule is Cn1c(SCC(O)c2ccccc2)nnc1-c1ccccc1F. The normalized spacial score (nSPS) is 12.3. The van der Waals surface area contributed by atoms with E-state index in [0.717, 1.165) is 5.56 Å². The average Bonchev–Trinajstić information content (AvgIpc) is 2.94. The summed E-state index contributed by atoms with van der Waals surface area (Å²) in [5.74, 6) is 0.594. The molecule has 0 spiro atoms. The molecule has 118 valence electrons. The summed E-state index contributed by atoms with van der Waals surface area (Å²) in [5.41, 5.74) is 1.27. The maximum absolute atomic E-state index is 13.9. The maximum atomic E-state index is 13.9. The molecule has 1 unspecified atom stereocenters. The lowest BCUT2D eigenvalue weighted by molar-refractivity contribution is 0.204. The summed E-state index contributed by atoms with van der Waals surface area (Å²) >= 11 is 1.39. The predicted molar refractivity (Wildman–Crippen MR) is 88.5 cm³/mol. The van der Waals surface area contributed by atoms with E-state index < -0.39 is 6.10 Å². The van der Waals surface area contributed by atoms with Crippen molar-refractivity contribution >= 4 is 11.8 Å². The minimum atomic E-state index is -0.588. The Balaban J connectivity index is 1.74. The van der Waals surface area contributed by atoms with E-state index in [0.29, 0.717) is 22.3 Å². The molecule has 1 aromatic heterocycles. The van der Waals surface area contributed by atoms with Crippen molar-refractivity contribution in [2.24, 2.45) is 7.05 Å². The Morgan fingerprint density at radius 2 is 1.78 bits per heavy atom. The van der Waals surface area contributed by atoms with Gasteiger partial charge in [0.2, 0.25) is 0 Å². The number of rotatable bonds is 5. The average molecular weight is 329 g/mol. The molecule has 0 saturated heterocycles. The fraction of sp³-hybridized carbons (Fsp3) is 0.176. The molecule has 0 radical (unpaired) electrons. The Hall–Kier alpha value is -2.18. The van der Waals surface area contributed by atoms with Gasteiger partial charge in [0.1, 0.15) is 5.82 Å². The second-order valence-electron chi connectivity index (χ2n) is 5.08. The van der Waals surface area contributed by atoms with Crippen LogP contribution in [0.3, 0.4) is 0 Å². The standard InChI is InChI=1S/C17H16FN3OS/c1-21-16(13-9-5-6-10-14(13)18)19-20-17(21)23-11-15(22)12-7-3-2-4-8-12/h2-10,15,22H,11H2,1H3. The molecule has 0 aliphatic carbocycles. The first-order valence-electron chi connectivity index (χ1n) is 7.17. The molecule has 0 saturated carbocycles. The minimum Gasteiger partial charge on any atom is -0.388 e. The summed E-state index contributed by atoms with van der Waals surface area (Å²) in [5, 5.41) is 19.0. The summed E-state index contributed by atoms with van der Waals surface area (Å²) in [6.07, 6.45) is -0.588. The highest BCUT2D eigenvalue weighted by molar-refractivity contribution is 7.99. The highest BCUT2D eigenvalue weighted by Gasteiger charge is 2.16. The molecular formula is C17H16FN3OS. The third-order valence-corrected chi connectivity index (χ3v) is 4.60. The molecule has 3 aromatic rings. The first kappa shape index (κ1) is 15.7. The summed E-state index contributed by atoms with van der Waals surface area (Å²) in [7, 11) is 1.79. The van der Waals surface area contributed by atoms with Crippen LogP contribution >= 0.6 is 11.8 Å². The Morgan fingerprint density at radius 3 is 2.52 bits per heavy atom. The van der Waals surface area contributed by atoms with Crippen LogP contribution in [0.4, 0.5) is 4.39 Å². The number of aromatic nitrogens is 3. The van der Waals surface area contributed by atoms with Crippen molar-refractivity contribution in [2.45, 2.75) is 11.3 Å². The number of benzene rings is 2. The van der Waals surface area contributed by atoms with Crippen LogP contribution in [0.2, 0.25) is 0 Å². The van der Waals surface area contributed by atoms with Gasteiger partial charge in [-0.3, -0.25) is 0 Å². The zero-order valence-electron chi connectivity index (χ0n) is 12.6. The van der Waals surface area contributed by atoms with Crippen LogP contribution in [0.5, 0.6) is 0 Å². The number of hydrogen-bond donors (Lipinski definition) is 1. The lowest BCUT2D eigenvalue weighted by Gasteiger charge is -2.10. The molecule has 23 heavy (non-hydrogen) atoms. The number of thioether (sulfide) groups is 1. The fourth-order valence-electron chi connectivity index (χ4n) is 2.24. The molecule has 0 amide bonds. The van der Waals surface area contributed by atoms with E-state index in [1.807, 2.05) is 30.3 Å². The molecule has 0 aliphatic heterocycles. The fourth-order valence-corrected chi connectivity index (χ4v) is 3.12. The van der Waals surface area contributed by atoms with Gasteiger partial charge in [-0.05, 0) is 17.7 Å². The topological polar surface area (TPSA) is 50.9 Å². The Morgan fingerprint density at radius 1 is 1.09 bits per heavy atom. The highest BCUT2D eigenvalue weighted by atomic mass is 32.2. The monoisotopic (exact) mass is 329 g/mol. The molecule has 1 N–H and O–H groups in total. The van der Waals surface area contributed by atoms with Crippen LogP contribution < -0.4 is 0 Å². The van der Waals surface area contributed by atoms with E-state index in [-0.39, 0.29) is 5.82 Å². The van der Waals surface area contributed by atoms with Crippen LogP contribution in [-0.2, 0) is 7.05 Å². The third-order valence-electron chi connectivity index (χ3n) is 3.50. The number of aliphatic hydroxyl groups excluding tert-OH is 1. The van der Waals surface area contributed by atoms with Gasteiger partial charge < -0.3 is 9.67 Å². The van der Waals surface area contributed by atoms with E-state index in [1.165, 1.54) is 17.8 Å². The molecule has 1 atom stereocenters. The molecule has 0 fully saturated rings. The predicted octanol–water partition coefficient (Wildman–Crippen LogP) is 3.45. The van der Waals surface area contributed by atoms with Crippen LogP contribution in [0.1, 0.15) is 11.7 Å². The second kappa shape index (κ2) is 6.93. The molecule has 0 aliphatic rings. The molecule has 2 aromatic carbocycles. The molecule has 4 nitrogen and oxygen atoms in total. The van der Waals surface area contributed by atoms with Crippen LogP contribution in [0.25, 0.3) is 11.4 Å². The molecule has 0 bridgehead atoms. The second-order valence-corrected chi connectivity index (χ2v) is 6.07. The summed E-state index contributed by atoms with van der Waals surface area (Å²) in [4.78, 5) is 0. The Bertz CT molecular complexity index is 792. The van der Waals surface area contributed by atoms with Gasteiger partial charge in [0.05, 0.1) is 11.7 Å². The first-order valence-corrected chi connectivity index (χ1v) is 8.15. The number of hydrogen-bond acceptors (Lipinski definition) is 4. The van der Waals surface area contributed by atoms with Gasteiger partial charge in [-0.2, -0.15) is 0 Å². The smallest absolute Gasteiger partial charge is 0.191 e. The van der Waals surface area contributed by atoms with Crippen molar-refractivity contribution in [2.75, 3.05) is 5.75 Å². The maximum Gasteiger partial charge on any atom is 0.191 e. The zero-order valence-corrected chi connectivity index (χ0v) is 13.4. The number of halogens is 1. The highest BCUT2D eigenvalue weighted by Crippen LogP contribution is 2.27. The summed E-state index contributed by atoms with van der Waals surface area (Å²) in [6, 6.07) is 15.9. The minimum absolute atomic E-state index is 0.330. The van der Waals surface area contributed by atoms with Crippen LogP contribution in [-0.4, -0.2) is 25.6 Å². The van der Waals surface area contributed by atoms with Gasteiger partial charge in [0, 0.05) is 12.8 Å². The Labute approximate surface area is 138 Å². The van der Waals surface area contributed by atoms with Gasteiger partial charge in [-0.25, -0.2) is 4.39 Å². The van der Waals surface area contributed by atoms with E-state index in [1.54, 1.807) is 29.8 Å². The molecular weight excluding hydrogens is 313 g/mol. The number of nitrogens with zero attached hydrogens (tertiary/aromatic N) is 3. The van der Waals surface area contributed by atoms with Crippen molar-refractivity contribution in [3.05, 3.63) is 66.0 Å². The van der Waals surface area contributed by atoms with E-state index in [9.17, 15) is 9.50 Å². The van der Waals surface area contributed by atoms with Crippen molar-refractivity contribution in [1.29, 1.82) is 0 Å². The largest absolute Gasteiger partial charge is 0.388 e. The Kier molecular flexibility index (Phi) is 4.73. The van der Waals surface area contributed by atoms with Crippen molar-refractivity contribution in [1.82, 2.24) is 14.8 Å². The third kappa shape index (κ3) is 3.43. The van der Waals surface area contributed by atoms with E-state index in [2.05, 4.69) is 10.2 Å². The lowest BCUT2D eigenvalue weighted by atomic mass is 10.1. The van der Waals surface area contributed by atoms with Gasteiger partial charge in [-0.1, -0.05) is 54.2 Å². The van der Waals surface area contributed by atoms with E-state index >= 15 is 0 Å². The van der Waals surface area contributed by atoms with Gasteiger partial charge in [-0.15, -0.1) is 10.2 Å². The zero-order chi connectivity index (χ0) is 16.2. The van der Waals surface area contributed by atoms with Crippen molar-refractivity contribution in [3.8, 4) is 11.4 Å². The molecule has 1 heterocycles. The van der Waals surface area contributed by atoms with E-state index in [4.69, 9.17) is 0 Å². The van der Waals surface area contributed by atoms with Crippen LogP contribution in [0.15, 0.2) is 59.8 Å². The first-order chi connectivity index (χ1) is 11.2. The number of aliphatic hydroxyl groups is 1. The molecule has 6 heteroatoms. The lowest BCUT2D eigenvalue weighted by Crippen LogP contribution is -2.02. The van der Waals surface area contributed by atoms with Gasteiger partial charge in [0.15, 0.2) is 11.0 Å². The van der Waals surface area contributed by atoms with Crippen molar-refractivity contribution < 1.29 is 9.50 Å². The quantitative estimate of drug-likeness (QED) is 0.729. The van der Waals surface area contributed by atoms with Gasteiger partial charge >= 0.3 is 0 Å². The summed E-state index contributed by atoms with van der Waals surface area (Å²) < 4.78 is 15.6. The van der Waals surface area contributed by atoms with Crippen molar-refractivity contribution in [3.63, 3.8) is 0 Å². The van der Waals surface area contributed by atoms with Gasteiger partial charge in [0.25, 0.3) is 0 Å².